The lowest BCUT2D eigenvalue weighted by molar-refractivity contribution is 0.399. The molecule has 0 fully saturated rings. The van der Waals surface area contributed by atoms with Gasteiger partial charge in [-0.3, -0.25) is 0 Å². The van der Waals surface area contributed by atoms with Crippen LogP contribution in [-0.2, 0) is 5.41 Å². The van der Waals surface area contributed by atoms with Gasteiger partial charge in [-0.2, -0.15) is 0 Å². The Hall–Kier alpha value is -1.57. The fraction of sp³-hybridized carbons (Fsp3) is 0.357. The molecule has 1 aromatic heterocycles. The van der Waals surface area contributed by atoms with Crippen LogP contribution >= 0.6 is 0 Å². The van der Waals surface area contributed by atoms with Gasteiger partial charge in [-0.05, 0) is 6.92 Å². The van der Waals surface area contributed by atoms with E-state index in [1.54, 1.807) is 0 Å². The Labute approximate surface area is 96.3 Å². The summed E-state index contributed by atoms with van der Waals surface area (Å²) in [5.74, 6) is 1.68. The maximum Gasteiger partial charge on any atom is 0.200 e. The standard InChI is InChI=1S/C14H17NO/c1-10-12(11-8-6-5-7-9-11)16-13(15-10)14(2,3)4/h5-9H,1-4H3. The Morgan fingerprint density at radius 1 is 1.06 bits per heavy atom. The Morgan fingerprint density at radius 3 is 2.19 bits per heavy atom. The minimum atomic E-state index is -0.0439. The molecule has 2 aromatic rings. The van der Waals surface area contributed by atoms with Gasteiger partial charge in [0.2, 0.25) is 5.89 Å². The van der Waals surface area contributed by atoms with E-state index in [1.165, 1.54) is 0 Å². The van der Waals surface area contributed by atoms with Crippen molar-refractivity contribution in [2.75, 3.05) is 0 Å². The third-order valence-corrected chi connectivity index (χ3v) is 2.47. The number of hydrogen-bond donors (Lipinski definition) is 0. The van der Waals surface area contributed by atoms with Crippen molar-refractivity contribution in [3.8, 4) is 11.3 Å². The molecule has 0 N–H and O–H groups in total. The van der Waals surface area contributed by atoms with Crippen LogP contribution in [0, 0.1) is 6.92 Å². The molecule has 1 aromatic carbocycles. The first kappa shape index (κ1) is 10.9. The first-order valence-corrected chi connectivity index (χ1v) is 5.52. The maximum atomic E-state index is 5.85. The second kappa shape index (κ2) is 3.78. The molecule has 0 spiro atoms. The van der Waals surface area contributed by atoms with E-state index < -0.39 is 0 Å². The number of nitrogens with zero attached hydrogens (tertiary/aromatic N) is 1. The van der Waals surface area contributed by atoms with Crippen LogP contribution in [-0.4, -0.2) is 4.98 Å². The molecule has 0 saturated carbocycles. The molecule has 1 heterocycles. The maximum absolute atomic E-state index is 5.85. The summed E-state index contributed by atoms with van der Waals surface area (Å²) in [4.78, 5) is 4.49. The quantitative estimate of drug-likeness (QED) is 0.720. The molecule has 0 aliphatic heterocycles. The van der Waals surface area contributed by atoms with Crippen molar-refractivity contribution in [2.24, 2.45) is 0 Å². The van der Waals surface area contributed by atoms with Gasteiger partial charge in [0.1, 0.15) is 0 Å². The lowest BCUT2D eigenvalue weighted by Gasteiger charge is -2.12. The molecule has 84 valence electrons. The predicted molar refractivity (Wildman–Crippen MR) is 65.4 cm³/mol. The molecule has 0 radical (unpaired) electrons. The van der Waals surface area contributed by atoms with Gasteiger partial charge in [0.25, 0.3) is 0 Å². The van der Waals surface area contributed by atoms with E-state index in [9.17, 15) is 0 Å². The van der Waals surface area contributed by atoms with Gasteiger partial charge >= 0.3 is 0 Å². The molecule has 0 unspecified atom stereocenters. The topological polar surface area (TPSA) is 26.0 Å². The summed E-state index contributed by atoms with van der Waals surface area (Å²) in [5.41, 5.74) is 2.00. The van der Waals surface area contributed by atoms with Gasteiger partial charge in [0.05, 0.1) is 5.69 Å². The average molecular weight is 215 g/mol. The van der Waals surface area contributed by atoms with E-state index >= 15 is 0 Å². The zero-order chi connectivity index (χ0) is 11.8. The van der Waals surface area contributed by atoms with Crippen LogP contribution < -0.4 is 0 Å². The highest BCUT2D eigenvalue weighted by Crippen LogP contribution is 2.29. The molecule has 16 heavy (non-hydrogen) atoms. The van der Waals surface area contributed by atoms with Gasteiger partial charge in [-0.1, -0.05) is 51.1 Å². The molecule has 0 atom stereocenters. The highest BCUT2D eigenvalue weighted by Gasteiger charge is 2.22. The van der Waals surface area contributed by atoms with Crippen molar-refractivity contribution in [1.29, 1.82) is 0 Å². The Kier molecular flexibility index (Phi) is 2.58. The van der Waals surface area contributed by atoms with Crippen LogP contribution in [0.1, 0.15) is 32.4 Å². The third kappa shape index (κ3) is 2.01. The SMILES string of the molecule is Cc1nc(C(C)(C)C)oc1-c1ccccc1. The van der Waals surface area contributed by atoms with Gasteiger partial charge < -0.3 is 4.42 Å². The number of hydrogen-bond acceptors (Lipinski definition) is 2. The summed E-state index contributed by atoms with van der Waals surface area (Å²) in [6.45, 7) is 8.30. The number of benzene rings is 1. The van der Waals surface area contributed by atoms with Crippen molar-refractivity contribution in [1.82, 2.24) is 4.98 Å². The second-order valence-corrected chi connectivity index (χ2v) is 5.05. The van der Waals surface area contributed by atoms with Crippen molar-refractivity contribution >= 4 is 0 Å². The summed E-state index contributed by atoms with van der Waals surface area (Å²) < 4.78 is 5.85. The fourth-order valence-corrected chi connectivity index (χ4v) is 1.57. The van der Waals surface area contributed by atoms with Gasteiger partial charge in [0.15, 0.2) is 5.76 Å². The van der Waals surface area contributed by atoms with Crippen LogP contribution in [0.4, 0.5) is 0 Å². The molecular formula is C14H17NO. The highest BCUT2D eigenvalue weighted by atomic mass is 16.4. The number of rotatable bonds is 1. The summed E-state index contributed by atoms with van der Waals surface area (Å²) in [6.07, 6.45) is 0. The van der Waals surface area contributed by atoms with Crippen molar-refractivity contribution in [2.45, 2.75) is 33.1 Å². The Bertz CT molecular complexity index is 477. The number of oxazole rings is 1. The molecule has 0 aliphatic carbocycles. The average Bonchev–Trinajstić information content (AvgIpc) is 2.61. The zero-order valence-electron chi connectivity index (χ0n) is 10.2. The third-order valence-electron chi connectivity index (χ3n) is 2.47. The second-order valence-electron chi connectivity index (χ2n) is 5.05. The number of aryl methyl sites for hydroxylation is 1. The van der Waals surface area contributed by atoms with Crippen molar-refractivity contribution < 1.29 is 4.42 Å². The van der Waals surface area contributed by atoms with Crippen LogP contribution in [0.15, 0.2) is 34.7 Å². The zero-order valence-corrected chi connectivity index (χ0v) is 10.2. The van der Waals surface area contributed by atoms with E-state index in [1.807, 2.05) is 37.3 Å². The molecule has 2 nitrogen and oxygen atoms in total. The highest BCUT2D eigenvalue weighted by molar-refractivity contribution is 5.59. The summed E-state index contributed by atoms with van der Waals surface area (Å²) in [6, 6.07) is 10.1. The van der Waals surface area contributed by atoms with E-state index in [4.69, 9.17) is 4.42 Å². The fourth-order valence-electron chi connectivity index (χ4n) is 1.57. The van der Waals surface area contributed by atoms with Crippen LogP contribution in [0.5, 0.6) is 0 Å². The molecule has 0 bridgehead atoms. The van der Waals surface area contributed by atoms with Gasteiger partial charge in [-0.25, -0.2) is 4.98 Å². The lowest BCUT2D eigenvalue weighted by Crippen LogP contribution is -2.11. The first-order valence-electron chi connectivity index (χ1n) is 5.52. The molecule has 0 amide bonds. The van der Waals surface area contributed by atoms with Gasteiger partial charge in [-0.15, -0.1) is 0 Å². The molecule has 2 rings (SSSR count). The molecule has 0 aliphatic rings. The molecule has 0 saturated heterocycles. The monoisotopic (exact) mass is 215 g/mol. The minimum absolute atomic E-state index is 0.0439. The first-order chi connectivity index (χ1) is 7.48. The minimum Gasteiger partial charge on any atom is -0.440 e. The molecular weight excluding hydrogens is 198 g/mol. The smallest absolute Gasteiger partial charge is 0.200 e. The van der Waals surface area contributed by atoms with Crippen molar-refractivity contribution in [3.63, 3.8) is 0 Å². The van der Waals surface area contributed by atoms with Crippen molar-refractivity contribution in [3.05, 3.63) is 41.9 Å². The molecule has 2 heteroatoms. The number of aromatic nitrogens is 1. The van der Waals surface area contributed by atoms with E-state index in [2.05, 4.69) is 25.8 Å². The van der Waals surface area contributed by atoms with E-state index in [0.29, 0.717) is 0 Å². The van der Waals surface area contributed by atoms with E-state index in [-0.39, 0.29) is 5.41 Å². The largest absolute Gasteiger partial charge is 0.440 e. The predicted octanol–water partition coefficient (Wildman–Crippen LogP) is 3.95. The summed E-state index contributed by atoms with van der Waals surface area (Å²) in [7, 11) is 0. The summed E-state index contributed by atoms with van der Waals surface area (Å²) >= 11 is 0. The van der Waals surface area contributed by atoms with E-state index in [0.717, 1.165) is 22.9 Å². The Balaban J connectivity index is 2.48. The summed E-state index contributed by atoms with van der Waals surface area (Å²) in [5, 5.41) is 0. The normalized spacial score (nSPS) is 11.8. The lowest BCUT2D eigenvalue weighted by atomic mass is 9.97. The van der Waals surface area contributed by atoms with Crippen LogP contribution in [0.3, 0.4) is 0 Å². The van der Waals surface area contributed by atoms with Gasteiger partial charge in [0, 0.05) is 11.0 Å². The Morgan fingerprint density at radius 2 is 1.69 bits per heavy atom. The van der Waals surface area contributed by atoms with Crippen LogP contribution in [0.25, 0.3) is 11.3 Å². The van der Waals surface area contributed by atoms with Crippen LogP contribution in [0.2, 0.25) is 0 Å².